The summed E-state index contributed by atoms with van der Waals surface area (Å²) in [6.07, 6.45) is 4.31. The Morgan fingerprint density at radius 2 is 2.08 bits per heavy atom. The first kappa shape index (κ1) is 18.8. The van der Waals surface area contributed by atoms with Crippen LogP contribution in [0.1, 0.15) is 39.5 Å². The highest BCUT2D eigenvalue weighted by Gasteiger charge is 2.27. The number of carbonyl (C=O) groups excluding carboxylic acids is 1. The Bertz CT molecular complexity index is 740. The topological polar surface area (TPSA) is 69.0 Å². The van der Waals surface area contributed by atoms with Gasteiger partial charge in [0, 0.05) is 18.2 Å². The van der Waals surface area contributed by atoms with Crippen molar-refractivity contribution in [1.29, 1.82) is 0 Å². The molecule has 26 heavy (non-hydrogen) atoms. The lowest BCUT2D eigenvalue weighted by Crippen LogP contribution is -2.32. The van der Waals surface area contributed by atoms with Gasteiger partial charge in [0.1, 0.15) is 5.75 Å². The minimum Gasteiger partial charge on any atom is -0.497 e. The first-order chi connectivity index (χ1) is 12.6. The average Bonchev–Trinajstić information content (AvgIpc) is 3.39. The van der Waals surface area contributed by atoms with E-state index >= 15 is 0 Å². The number of benzene rings is 1. The molecule has 1 aromatic carbocycles. The van der Waals surface area contributed by atoms with Crippen molar-refractivity contribution in [2.75, 3.05) is 7.11 Å². The number of unbranched alkanes of at least 4 members (excludes halogenated alkanes) is 1. The second-order valence-electron chi connectivity index (χ2n) is 6.58. The number of aromatic nitrogens is 3. The summed E-state index contributed by atoms with van der Waals surface area (Å²) >= 11 is 1.47. The molecule has 1 heterocycles. The molecule has 1 aliphatic carbocycles. The van der Waals surface area contributed by atoms with Crippen molar-refractivity contribution < 1.29 is 9.53 Å². The predicted octanol–water partition coefficient (Wildman–Crippen LogP) is 3.51. The highest BCUT2D eigenvalue weighted by atomic mass is 32.2. The number of thioether (sulfide) groups is 1. The third kappa shape index (κ3) is 4.58. The summed E-state index contributed by atoms with van der Waals surface area (Å²) in [5.74, 6) is 1.72. The van der Waals surface area contributed by atoms with Crippen LogP contribution in [0.15, 0.2) is 29.4 Å². The van der Waals surface area contributed by atoms with Crippen LogP contribution in [0.3, 0.4) is 0 Å². The summed E-state index contributed by atoms with van der Waals surface area (Å²) in [6.45, 7) is 4.92. The SMILES string of the molecule is CCCCn1c(S[C@H](C)C(=O)NC2CC2)nnc1-c1ccc(OC)cc1. The van der Waals surface area contributed by atoms with E-state index in [1.807, 2.05) is 31.2 Å². The summed E-state index contributed by atoms with van der Waals surface area (Å²) in [5.41, 5.74) is 0.997. The standard InChI is InChI=1S/C19H26N4O2S/c1-4-5-12-23-17(14-6-10-16(25-3)11-7-14)21-22-19(23)26-13(2)18(24)20-15-8-9-15/h6-7,10-11,13,15H,4-5,8-9,12H2,1-3H3,(H,20,24)/t13-/m1/s1. The van der Waals surface area contributed by atoms with Crippen LogP contribution in [0.5, 0.6) is 5.75 Å². The Morgan fingerprint density at radius 1 is 1.35 bits per heavy atom. The fourth-order valence-corrected chi connectivity index (χ4v) is 3.49. The molecule has 0 aliphatic heterocycles. The Labute approximate surface area is 158 Å². The fourth-order valence-electron chi connectivity index (χ4n) is 2.61. The van der Waals surface area contributed by atoms with Crippen molar-refractivity contribution in [1.82, 2.24) is 20.1 Å². The predicted molar refractivity (Wildman–Crippen MR) is 103 cm³/mol. The van der Waals surface area contributed by atoms with Crippen LogP contribution in [0.4, 0.5) is 0 Å². The first-order valence-corrected chi connectivity index (χ1v) is 10.0. The Morgan fingerprint density at radius 3 is 2.69 bits per heavy atom. The molecule has 0 unspecified atom stereocenters. The molecule has 0 radical (unpaired) electrons. The summed E-state index contributed by atoms with van der Waals surface area (Å²) in [7, 11) is 1.65. The number of carbonyl (C=O) groups is 1. The van der Waals surface area contributed by atoms with Gasteiger partial charge in [0.25, 0.3) is 0 Å². The largest absolute Gasteiger partial charge is 0.497 e. The third-order valence-corrected chi connectivity index (χ3v) is 5.46. The quantitative estimate of drug-likeness (QED) is 0.680. The maximum Gasteiger partial charge on any atom is 0.233 e. The molecule has 0 bridgehead atoms. The number of ether oxygens (including phenoxy) is 1. The van der Waals surface area contributed by atoms with E-state index in [4.69, 9.17) is 4.74 Å². The zero-order valence-electron chi connectivity index (χ0n) is 15.6. The molecule has 140 valence electrons. The molecule has 1 atom stereocenters. The van der Waals surface area contributed by atoms with Crippen molar-refractivity contribution in [3.8, 4) is 17.1 Å². The van der Waals surface area contributed by atoms with Crippen LogP contribution in [-0.2, 0) is 11.3 Å². The maximum absolute atomic E-state index is 12.3. The van der Waals surface area contributed by atoms with Crippen molar-refractivity contribution in [2.24, 2.45) is 0 Å². The number of hydrogen-bond acceptors (Lipinski definition) is 5. The van der Waals surface area contributed by atoms with Gasteiger partial charge >= 0.3 is 0 Å². The number of amides is 1. The number of nitrogens with one attached hydrogen (secondary N) is 1. The number of methoxy groups -OCH3 is 1. The third-order valence-electron chi connectivity index (χ3n) is 4.38. The van der Waals surface area contributed by atoms with Gasteiger partial charge in [-0.05, 0) is 50.5 Å². The van der Waals surface area contributed by atoms with Gasteiger partial charge < -0.3 is 14.6 Å². The molecular formula is C19H26N4O2S. The van der Waals surface area contributed by atoms with E-state index in [0.717, 1.165) is 54.5 Å². The highest BCUT2D eigenvalue weighted by Crippen LogP contribution is 2.29. The van der Waals surface area contributed by atoms with Crippen molar-refractivity contribution in [3.05, 3.63) is 24.3 Å². The highest BCUT2D eigenvalue weighted by molar-refractivity contribution is 8.00. The molecule has 0 saturated heterocycles. The molecule has 7 heteroatoms. The summed E-state index contributed by atoms with van der Waals surface area (Å²) in [5, 5.41) is 12.4. The lowest BCUT2D eigenvalue weighted by molar-refractivity contribution is -0.120. The Balaban J connectivity index is 1.79. The van der Waals surface area contributed by atoms with Gasteiger partial charge in [-0.2, -0.15) is 0 Å². The zero-order chi connectivity index (χ0) is 18.5. The van der Waals surface area contributed by atoms with Crippen LogP contribution in [-0.4, -0.2) is 39.1 Å². The number of rotatable bonds is 9. The smallest absolute Gasteiger partial charge is 0.233 e. The lowest BCUT2D eigenvalue weighted by Gasteiger charge is -2.13. The second kappa shape index (κ2) is 8.58. The number of nitrogens with zero attached hydrogens (tertiary/aromatic N) is 3. The zero-order valence-corrected chi connectivity index (χ0v) is 16.4. The minimum absolute atomic E-state index is 0.0774. The van der Waals surface area contributed by atoms with Gasteiger partial charge in [0.05, 0.1) is 12.4 Å². The van der Waals surface area contributed by atoms with Crippen LogP contribution in [0, 0.1) is 0 Å². The van der Waals surface area contributed by atoms with E-state index in [1.165, 1.54) is 11.8 Å². The van der Waals surface area contributed by atoms with Gasteiger partial charge in [0.2, 0.25) is 5.91 Å². The van der Waals surface area contributed by atoms with Gasteiger partial charge in [-0.25, -0.2) is 0 Å². The molecule has 1 fully saturated rings. The van der Waals surface area contributed by atoms with Gasteiger partial charge in [-0.3, -0.25) is 4.79 Å². The normalized spacial score (nSPS) is 14.9. The van der Waals surface area contributed by atoms with E-state index in [0.29, 0.717) is 6.04 Å². The van der Waals surface area contributed by atoms with E-state index in [1.54, 1.807) is 7.11 Å². The molecular weight excluding hydrogens is 348 g/mol. The summed E-state index contributed by atoms with van der Waals surface area (Å²) in [4.78, 5) is 12.3. The van der Waals surface area contributed by atoms with Crippen molar-refractivity contribution in [3.63, 3.8) is 0 Å². The molecule has 1 amide bonds. The molecule has 1 aromatic heterocycles. The molecule has 3 rings (SSSR count). The average molecular weight is 375 g/mol. The van der Waals surface area contributed by atoms with E-state index in [-0.39, 0.29) is 11.2 Å². The molecule has 1 aliphatic rings. The van der Waals surface area contributed by atoms with E-state index < -0.39 is 0 Å². The first-order valence-electron chi connectivity index (χ1n) is 9.17. The summed E-state index contributed by atoms with van der Waals surface area (Å²) < 4.78 is 7.35. The molecule has 1 N–H and O–H groups in total. The molecule has 1 saturated carbocycles. The van der Waals surface area contributed by atoms with E-state index in [2.05, 4.69) is 27.0 Å². The van der Waals surface area contributed by atoms with Crippen LogP contribution >= 0.6 is 11.8 Å². The maximum atomic E-state index is 12.3. The summed E-state index contributed by atoms with van der Waals surface area (Å²) in [6, 6.07) is 8.20. The van der Waals surface area contributed by atoms with E-state index in [9.17, 15) is 4.79 Å². The lowest BCUT2D eigenvalue weighted by atomic mass is 10.2. The van der Waals surface area contributed by atoms with Crippen LogP contribution in [0.2, 0.25) is 0 Å². The Hall–Kier alpha value is -2.02. The Kier molecular flexibility index (Phi) is 6.19. The molecule has 6 nitrogen and oxygen atoms in total. The van der Waals surface area contributed by atoms with Gasteiger partial charge in [0.15, 0.2) is 11.0 Å². The van der Waals surface area contributed by atoms with Crippen molar-refractivity contribution >= 4 is 17.7 Å². The van der Waals surface area contributed by atoms with Crippen LogP contribution in [0.25, 0.3) is 11.4 Å². The fraction of sp³-hybridized carbons (Fsp3) is 0.526. The van der Waals surface area contributed by atoms with Crippen LogP contribution < -0.4 is 10.1 Å². The van der Waals surface area contributed by atoms with Gasteiger partial charge in [-0.1, -0.05) is 25.1 Å². The van der Waals surface area contributed by atoms with Crippen molar-refractivity contribution in [2.45, 2.75) is 62.5 Å². The molecule has 2 aromatic rings. The molecule has 0 spiro atoms. The second-order valence-corrected chi connectivity index (χ2v) is 7.89. The van der Waals surface area contributed by atoms with Gasteiger partial charge in [-0.15, -0.1) is 10.2 Å². The minimum atomic E-state index is -0.191. The monoisotopic (exact) mass is 374 g/mol. The number of hydrogen-bond donors (Lipinski definition) is 1.